The second-order valence-corrected chi connectivity index (χ2v) is 11.0. The Kier molecular flexibility index (Phi) is 21.1. The molecule has 10 nitrogen and oxygen atoms in total. The van der Waals surface area contributed by atoms with Crippen LogP contribution in [0.15, 0.2) is 0 Å². The van der Waals surface area contributed by atoms with Crippen molar-refractivity contribution < 1.29 is 48.5 Å². The number of hydrogen-bond acceptors (Lipinski definition) is 10. The van der Waals surface area contributed by atoms with Crippen LogP contribution >= 0.6 is 0 Å². The van der Waals surface area contributed by atoms with Gasteiger partial charge in [0.05, 0.1) is 13.2 Å². The molecule has 0 amide bonds. The topological polar surface area (TPSA) is 122 Å². The van der Waals surface area contributed by atoms with Gasteiger partial charge < -0.3 is 33.9 Å². The monoisotopic (exact) mass is 606 g/mol. The fourth-order valence-electron chi connectivity index (χ4n) is 5.63. The molecule has 0 unspecified atom stereocenters. The molecule has 0 aliphatic carbocycles. The predicted molar refractivity (Wildman–Crippen MR) is 160 cm³/mol. The van der Waals surface area contributed by atoms with E-state index in [1.165, 1.54) is 70.6 Å². The first-order valence-electron chi connectivity index (χ1n) is 16.8. The zero-order chi connectivity index (χ0) is 31.2. The molecule has 0 aromatic carbocycles. The van der Waals surface area contributed by atoms with Gasteiger partial charge in [0.2, 0.25) is 0 Å². The Morgan fingerprint density at radius 3 is 1.74 bits per heavy atom. The van der Waals surface area contributed by atoms with Crippen LogP contribution in [0.3, 0.4) is 0 Å². The third-order valence-corrected chi connectivity index (χ3v) is 7.70. The summed E-state index contributed by atoms with van der Waals surface area (Å²) in [6, 6.07) is 0. The maximum atomic E-state index is 13.1. The van der Waals surface area contributed by atoms with E-state index in [2.05, 4.69) is 6.92 Å². The van der Waals surface area contributed by atoms with Crippen molar-refractivity contribution in [2.24, 2.45) is 0 Å². The highest BCUT2D eigenvalue weighted by atomic mass is 17.2. The molecular formula is C32H62O10. The summed E-state index contributed by atoms with van der Waals surface area (Å²) in [5, 5.41) is 21.6. The fraction of sp³-hybridized carbons (Fsp3) is 0.969. The van der Waals surface area contributed by atoms with Gasteiger partial charge in [0, 0.05) is 26.2 Å². The molecule has 42 heavy (non-hydrogen) atoms. The van der Waals surface area contributed by atoms with E-state index in [1.54, 1.807) is 27.7 Å². The number of rotatable bonds is 28. The van der Waals surface area contributed by atoms with Crippen LogP contribution in [0.1, 0.15) is 137 Å². The first-order valence-corrected chi connectivity index (χ1v) is 16.8. The van der Waals surface area contributed by atoms with Crippen LogP contribution in [0, 0.1) is 0 Å². The molecule has 0 bridgehead atoms. The smallest absolute Gasteiger partial charge is 0.308 e. The highest BCUT2D eigenvalue weighted by molar-refractivity contribution is 5.70. The van der Waals surface area contributed by atoms with Crippen molar-refractivity contribution in [3.05, 3.63) is 0 Å². The van der Waals surface area contributed by atoms with Gasteiger partial charge >= 0.3 is 11.8 Å². The normalized spacial score (nSPS) is 23.7. The first kappa shape index (κ1) is 39.2. The van der Waals surface area contributed by atoms with E-state index in [9.17, 15) is 15.0 Å². The van der Waals surface area contributed by atoms with Gasteiger partial charge in [-0.3, -0.25) is 4.79 Å². The number of hydrogen-bond donors (Lipinski definition) is 2. The number of aliphatic hydroxyl groups is 2. The minimum Gasteiger partial charge on any atom is -0.424 e. The van der Waals surface area contributed by atoms with Crippen LogP contribution in [-0.2, 0) is 38.3 Å². The van der Waals surface area contributed by atoms with Gasteiger partial charge in [-0.25, -0.2) is 4.89 Å². The van der Waals surface area contributed by atoms with Gasteiger partial charge in [0.1, 0.15) is 12.7 Å². The molecule has 10 heteroatoms. The highest BCUT2D eigenvalue weighted by Gasteiger charge is 2.79. The second-order valence-electron chi connectivity index (χ2n) is 11.0. The molecular weight excluding hydrogens is 544 g/mol. The minimum atomic E-state index is -2.17. The quantitative estimate of drug-likeness (QED) is 0.0343. The maximum Gasteiger partial charge on any atom is 0.308 e. The van der Waals surface area contributed by atoms with E-state index in [4.69, 9.17) is 33.5 Å². The molecule has 4 atom stereocenters. The van der Waals surface area contributed by atoms with Crippen molar-refractivity contribution in [1.29, 1.82) is 0 Å². The molecule has 1 heterocycles. The molecule has 0 aromatic heterocycles. The van der Waals surface area contributed by atoms with Crippen molar-refractivity contribution >= 4 is 5.97 Å². The molecule has 0 aromatic rings. The van der Waals surface area contributed by atoms with Crippen molar-refractivity contribution in [3.63, 3.8) is 0 Å². The van der Waals surface area contributed by atoms with Crippen molar-refractivity contribution in [3.8, 4) is 0 Å². The molecule has 0 saturated carbocycles. The lowest BCUT2D eigenvalue weighted by Crippen LogP contribution is -2.74. The zero-order valence-corrected chi connectivity index (χ0v) is 27.3. The average Bonchev–Trinajstić information content (AvgIpc) is 3.24. The summed E-state index contributed by atoms with van der Waals surface area (Å²) < 4.78 is 29.6. The Morgan fingerprint density at radius 2 is 1.29 bits per heavy atom. The van der Waals surface area contributed by atoms with Gasteiger partial charge in [-0.2, -0.15) is 4.89 Å². The summed E-state index contributed by atoms with van der Waals surface area (Å²) in [6.45, 7) is 8.20. The third kappa shape index (κ3) is 11.3. The van der Waals surface area contributed by atoms with Crippen LogP contribution in [0.25, 0.3) is 0 Å². The zero-order valence-electron chi connectivity index (χ0n) is 27.3. The second kappa shape index (κ2) is 22.6. The van der Waals surface area contributed by atoms with Crippen LogP contribution < -0.4 is 0 Å². The van der Waals surface area contributed by atoms with Crippen LogP contribution in [0.2, 0.25) is 0 Å². The molecule has 0 spiro atoms. The van der Waals surface area contributed by atoms with Crippen molar-refractivity contribution in [2.45, 2.75) is 161 Å². The number of ether oxygens (including phenoxy) is 5. The number of unbranched alkanes of at least 4 members (excludes halogenated alkanes) is 14. The van der Waals surface area contributed by atoms with Crippen molar-refractivity contribution in [2.75, 3.05) is 39.6 Å². The Hall–Kier alpha value is -0.850. The van der Waals surface area contributed by atoms with E-state index in [1.807, 2.05) is 0 Å². The van der Waals surface area contributed by atoms with Crippen LogP contribution in [0.5, 0.6) is 0 Å². The Balaban J connectivity index is 2.64. The Bertz CT molecular complexity index is 676. The maximum absolute atomic E-state index is 13.1. The van der Waals surface area contributed by atoms with Gasteiger partial charge in [0.25, 0.3) is 11.6 Å². The molecule has 1 saturated heterocycles. The van der Waals surface area contributed by atoms with E-state index < -0.39 is 36.0 Å². The molecule has 1 aliphatic heterocycles. The van der Waals surface area contributed by atoms with Gasteiger partial charge in [0.15, 0.2) is 0 Å². The minimum absolute atomic E-state index is 0.0441. The number of esters is 1. The van der Waals surface area contributed by atoms with E-state index in [0.29, 0.717) is 6.42 Å². The van der Waals surface area contributed by atoms with E-state index >= 15 is 0 Å². The summed E-state index contributed by atoms with van der Waals surface area (Å²) in [4.78, 5) is 23.8. The van der Waals surface area contributed by atoms with Gasteiger partial charge in [-0.05, 0) is 34.1 Å². The Labute approximate surface area is 255 Å². The van der Waals surface area contributed by atoms with E-state index in [0.717, 1.165) is 19.3 Å². The fourth-order valence-corrected chi connectivity index (χ4v) is 5.63. The lowest BCUT2D eigenvalue weighted by Gasteiger charge is -2.50. The SMILES string of the molecule is CCCCCCCCCCCCCCCCCC(=O)O[C@]1(OCC)[C@@H](O)CO[C@]1(OCC)[C@](CO)(OCC)OOCC. The molecule has 0 radical (unpaired) electrons. The molecule has 1 fully saturated rings. The lowest BCUT2D eigenvalue weighted by molar-refractivity contribution is -0.536. The molecule has 250 valence electrons. The molecule has 2 N–H and O–H groups in total. The average molecular weight is 607 g/mol. The standard InChI is InChI=1S/C32H62O10/c1-6-11-12-13-14-15-16-17-18-19-20-21-22-23-24-25-29(35)41-31(37-8-3)28(34)26-39-32(31,38-9-4)30(27-33,36-7-2)42-40-10-5/h28,33-34H,6-27H2,1-5H3/t28-,30+,31+,32+/m0/s1. The Morgan fingerprint density at radius 1 is 0.762 bits per heavy atom. The summed E-state index contributed by atoms with van der Waals surface area (Å²) in [5.41, 5.74) is 0. The first-order chi connectivity index (χ1) is 20.4. The van der Waals surface area contributed by atoms with Gasteiger partial charge in [-0.15, -0.1) is 0 Å². The van der Waals surface area contributed by atoms with Crippen molar-refractivity contribution in [1.82, 2.24) is 0 Å². The molecule has 1 rings (SSSR count). The highest BCUT2D eigenvalue weighted by Crippen LogP contribution is 2.50. The molecule has 1 aliphatic rings. The number of aliphatic hydroxyl groups excluding tert-OH is 2. The summed E-state index contributed by atoms with van der Waals surface area (Å²) >= 11 is 0. The summed E-state index contributed by atoms with van der Waals surface area (Å²) in [6.07, 6.45) is 17.1. The van der Waals surface area contributed by atoms with E-state index in [-0.39, 0.29) is 39.5 Å². The summed E-state index contributed by atoms with van der Waals surface area (Å²) in [5.74, 6) is -7.03. The largest absolute Gasteiger partial charge is 0.424 e. The predicted octanol–water partition coefficient (Wildman–Crippen LogP) is 6.34. The number of carbonyl (C=O) groups excluding carboxylic acids is 1. The number of carbonyl (C=O) groups is 1. The third-order valence-electron chi connectivity index (χ3n) is 7.70. The lowest BCUT2D eigenvalue weighted by atomic mass is 9.93. The van der Waals surface area contributed by atoms with Crippen LogP contribution in [0.4, 0.5) is 0 Å². The van der Waals surface area contributed by atoms with Crippen LogP contribution in [-0.4, -0.2) is 79.3 Å². The van der Waals surface area contributed by atoms with Gasteiger partial charge in [-0.1, -0.05) is 96.8 Å². The summed E-state index contributed by atoms with van der Waals surface area (Å²) in [7, 11) is 0.